The van der Waals surface area contributed by atoms with Crippen LogP contribution in [0.3, 0.4) is 0 Å². The lowest BCUT2D eigenvalue weighted by atomic mass is 10.0. The SMILES string of the molecule is COc1ccccc1CNC(=O)C(c1ccccc1)N(Cc1ccc(F)cc1)C(=O)CCc1ccccc1. The van der Waals surface area contributed by atoms with Gasteiger partial charge in [-0.3, -0.25) is 9.59 Å². The Morgan fingerprint density at radius 1 is 0.816 bits per heavy atom. The van der Waals surface area contributed by atoms with Crippen LogP contribution < -0.4 is 10.1 Å². The Morgan fingerprint density at radius 3 is 2.13 bits per heavy atom. The van der Waals surface area contributed by atoms with Crippen LogP contribution in [0.2, 0.25) is 0 Å². The second-order valence-electron chi connectivity index (χ2n) is 8.98. The van der Waals surface area contributed by atoms with Gasteiger partial charge in [-0.05, 0) is 41.3 Å². The number of rotatable bonds is 11. The molecule has 0 saturated heterocycles. The highest BCUT2D eigenvalue weighted by atomic mass is 19.1. The zero-order valence-electron chi connectivity index (χ0n) is 21.3. The van der Waals surface area contributed by atoms with Crippen molar-refractivity contribution >= 4 is 11.8 Å². The number of para-hydroxylation sites is 1. The van der Waals surface area contributed by atoms with E-state index < -0.39 is 6.04 Å². The summed E-state index contributed by atoms with van der Waals surface area (Å²) in [5.41, 5.74) is 3.30. The second-order valence-corrected chi connectivity index (χ2v) is 8.98. The van der Waals surface area contributed by atoms with Crippen molar-refractivity contribution in [2.45, 2.75) is 32.0 Å². The first-order valence-corrected chi connectivity index (χ1v) is 12.6. The third-order valence-corrected chi connectivity index (χ3v) is 6.38. The van der Waals surface area contributed by atoms with Crippen LogP contribution in [0.1, 0.15) is 34.7 Å². The van der Waals surface area contributed by atoms with Gasteiger partial charge in [-0.15, -0.1) is 0 Å². The third-order valence-electron chi connectivity index (χ3n) is 6.38. The molecule has 4 aromatic carbocycles. The van der Waals surface area contributed by atoms with Gasteiger partial charge in [0.25, 0.3) is 0 Å². The molecule has 4 aromatic rings. The van der Waals surface area contributed by atoms with Crippen molar-refractivity contribution in [1.29, 1.82) is 0 Å². The topological polar surface area (TPSA) is 58.6 Å². The maximum Gasteiger partial charge on any atom is 0.247 e. The van der Waals surface area contributed by atoms with Gasteiger partial charge in [-0.1, -0.05) is 91.0 Å². The molecule has 38 heavy (non-hydrogen) atoms. The first kappa shape index (κ1) is 26.6. The fourth-order valence-corrected chi connectivity index (χ4v) is 4.39. The van der Waals surface area contributed by atoms with E-state index in [4.69, 9.17) is 4.74 Å². The molecule has 0 fully saturated rings. The molecule has 1 atom stereocenters. The van der Waals surface area contributed by atoms with Crippen LogP contribution in [0, 0.1) is 5.82 Å². The van der Waals surface area contributed by atoms with Crippen LogP contribution in [0.15, 0.2) is 109 Å². The number of methoxy groups -OCH3 is 1. The number of amides is 2. The van der Waals surface area contributed by atoms with Gasteiger partial charge in [-0.2, -0.15) is 0 Å². The van der Waals surface area contributed by atoms with E-state index in [1.165, 1.54) is 12.1 Å². The van der Waals surface area contributed by atoms with Crippen LogP contribution in [0.5, 0.6) is 5.75 Å². The highest BCUT2D eigenvalue weighted by Gasteiger charge is 2.31. The summed E-state index contributed by atoms with van der Waals surface area (Å²) in [6.45, 7) is 0.407. The van der Waals surface area contributed by atoms with Crippen molar-refractivity contribution < 1.29 is 18.7 Å². The van der Waals surface area contributed by atoms with Gasteiger partial charge in [0, 0.05) is 25.1 Å². The lowest BCUT2D eigenvalue weighted by molar-refractivity contribution is -0.141. The summed E-state index contributed by atoms with van der Waals surface area (Å²) in [5.74, 6) is -0.159. The van der Waals surface area contributed by atoms with E-state index in [2.05, 4.69) is 5.32 Å². The molecule has 0 aliphatic heterocycles. The molecule has 4 rings (SSSR count). The Labute approximate surface area is 222 Å². The first-order valence-electron chi connectivity index (χ1n) is 12.6. The normalized spacial score (nSPS) is 11.4. The zero-order chi connectivity index (χ0) is 26.7. The number of halogens is 1. The Bertz CT molecular complexity index is 1330. The summed E-state index contributed by atoms with van der Waals surface area (Å²) in [5, 5.41) is 3.00. The van der Waals surface area contributed by atoms with Gasteiger partial charge >= 0.3 is 0 Å². The van der Waals surface area contributed by atoms with Crippen molar-refractivity contribution in [2.75, 3.05) is 7.11 Å². The number of carbonyl (C=O) groups excluding carboxylic acids is 2. The average Bonchev–Trinajstić information content (AvgIpc) is 2.96. The van der Waals surface area contributed by atoms with E-state index in [0.29, 0.717) is 17.7 Å². The quantitative estimate of drug-likeness (QED) is 0.275. The lowest BCUT2D eigenvalue weighted by Gasteiger charge is -2.32. The van der Waals surface area contributed by atoms with Crippen LogP contribution in [-0.2, 0) is 29.1 Å². The van der Waals surface area contributed by atoms with Crippen LogP contribution in [0.25, 0.3) is 0 Å². The molecule has 194 valence electrons. The minimum atomic E-state index is -0.876. The van der Waals surface area contributed by atoms with Crippen molar-refractivity contribution in [3.05, 3.63) is 137 Å². The van der Waals surface area contributed by atoms with Crippen molar-refractivity contribution in [3.63, 3.8) is 0 Å². The molecule has 5 nitrogen and oxygen atoms in total. The summed E-state index contributed by atoms with van der Waals surface area (Å²) in [7, 11) is 1.59. The smallest absolute Gasteiger partial charge is 0.247 e. The van der Waals surface area contributed by atoms with E-state index in [9.17, 15) is 14.0 Å². The van der Waals surface area contributed by atoms with Gasteiger partial charge in [0.15, 0.2) is 0 Å². The molecule has 0 bridgehead atoms. The number of nitrogens with zero attached hydrogens (tertiary/aromatic N) is 1. The van der Waals surface area contributed by atoms with Crippen LogP contribution >= 0.6 is 0 Å². The molecule has 1 N–H and O–H groups in total. The number of hydrogen-bond acceptors (Lipinski definition) is 3. The predicted molar refractivity (Wildman–Crippen MR) is 146 cm³/mol. The van der Waals surface area contributed by atoms with Crippen LogP contribution in [-0.4, -0.2) is 23.8 Å². The van der Waals surface area contributed by atoms with Crippen molar-refractivity contribution in [1.82, 2.24) is 10.2 Å². The van der Waals surface area contributed by atoms with E-state index >= 15 is 0 Å². The highest BCUT2D eigenvalue weighted by Crippen LogP contribution is 2.26. The van der Waals surface area contributed by atoms with E-state index in [1.807, 2.05) is 84.9 Å². The molecule has 0 radical (unpaired) electrons. The number of carbonyl (C=O) groups is 2. The number of ether oxygens (including phenoxy) is 1. The largest absolute Gasteiger partial charge is 0.496 e. The Morgan fingerprint density at radius 2 is 1.45 bits per heavy atom. The van der Waals surface area contributed by atoms with Gasteiger partial charge in [0.1, 0.15) is 17.6 Å². The molecule has 2 amide bonds. The minimum absolute atomic E-state index is 0.162. The van der Waals surface area contributed by atoms with Crippen molar-refractivity contribution in [2.24, 2.45) is 0 Å². The molecule has 0 aliphatic carbocycles. The fraction of sp³-hybridized carbons (Fsp3) is 0.188. The maximum absolute atomic E-state index is 13.8. The molecule has 1 unspecified atom stereocenters. The monoisotopic (exact) mass is 510 g/mol. The van der Waals surface area contributed by atoms with E-state index in [1.54, 1.807) is 24.1 Å². The van der Waals surface area contributed by atoms with Gasteiger partial charge in [0.2, 0.25) is 11.8 Å². The van der Waals surface area contributed by atoms with Crippen LogP contribution in [0.4, 0.5) is 4.39 Å². The molecule has 0 saturated carbocycles. The number of hydrogen-bond donors (Lipinski definition) is 1. The summed E-state index contributed by atoms with van der Waals surface area (Å²) in [6, 6.07) is 31.6. The molecular formula is C32H31FN2O3. The summed E-state index contributed by atoms with van der Waals surface area (Å²) in [6.07, 6.45) is 0.776. The number of benzene rings is 4. The lowest BCUT2D eigenvalue weighted by Crippen LogP contribution is -2.43. The summed E-state index contributed by atoms with van der Waals surface area (Å²) >= 11 is 0. The third kappa shape index (κ3) is 7.07. The average molecular weight is 511 g/mol. The molecular weight excluding hydrogens is 479 g/mol. The summed E-state index contributed by atoms with van der Waals surface area (Å²) < 4.78 is 19.0. The first-order chi connectivity index (χ1) is 18.5. The minimum Gasteiger partial charge on any atom is -0.496 e. The van der Waals surface area contributed by atoms with Crippen molar-refractivity contribution in [3.8, 4) is 5.75 Å². The Balaban J connectivity index is 1.63. The molecule has 0 heterocycles. The fourth-order valence-electron chi connectivity index (χ4n) is 4.39. The van der Waals surface area contributed by atoms with Gasteiger partial charge in [0.05, 0.1) is 7.11 Å². The predicted octanol–water partition coefficient (Wildman–Crippen LogP) is 5.85. The second kappa shape index (κ2) is 13.2. The van der Waals surface area contributed by atoms with Gasteiger partial charge in [-0.25, -0.2) is 4.39 Å². The highest BCUT2D eigenvalue weighted by molar-refractivity contribution is 5.89. The molecule has 6 heteroatoms. The molecule has 0 aromatic heterocycles. The van der Waals surface area contributed by atoms with Gasteiger partial charge < -0.3 is 15.0 Å². The molecule has 0 aliphatic rings. The molecule has 0 spiro atoms. The Kier molecular flexibility index (Phi) is 9.24. The maximum atomic E-state index is 13.8. The number of nitrogens with one attached hydrogen (secondary N) is 1. The standard InChI is InChI=1S/C32H31FN2O3/c1-38-29-15-9-8-14-27(29)22-34-32(37)31(26-12-6-3-7-13-26)35(23-25-16-19-28(33)20-17-25)30(36)21-18-24-10-4-2-5-11-24/h2-17,19-20,31H,18,21-23H2,1H3,(H,34,37). The Hall–Kier alpha value is -4.45. The number of aryl methyl sites for hydroxylation is 1. The summed E-state index contributed by atoms with van der Waals surface area (Å²) in [4.78, 5) is 29.1. The zero-order valence-corrected chi connectivity index (χ0v) is 21.3. The van der Waals surface area contributed by atoms with E-state index in [0.717, 1.165) is 16.7 Å². The van der Waals surface area contributed by atoms with E-state index in [-0.39, 0.29) is 37.1 Å².